The number of hydrogen-bond donors (Lipinski definition) is 1. The van der Waals surface area contributed by atoms with Gasteiger partial charge in [-0.05, 0) is 28.9 Å². The molecule has 1 aromatic carbocycles. The predicted octanol–water partition coefficient (Wildman–Crippen LogP) is 2.23. The summed E-state index contributed by atoms with van der Waals surface area (Å²) in [6.07, 6.45) is 0. The second-order valence-corrected chi connectivity index (χ2v) is 3.06. The SMILES string of the molecule is CC(=O)c1cccc(N)c1Br. The number of rotatable bonds is 1. The molecule has 0 amide bonds. The Morgan fingerprint density at radius 1 is 1.55 bits per heavy atom. The first kappa shape index (κ1) is 8.27. The lowest BCUT2D eigenvalue weighted by Gasteiger charge is -2.01. The molecular weight excluding hydrogens is 206 g/mol. The maximum atomic E-state index is 10.9. The van der Waals surface area contributed by atoms with E-state index in [0.29, 0.717) is 15.7 Å². The van der Waals surface area contributed by atoms with E-state index < -0.39 is 0 Å². The van der Waals surface area contributed by atoms with Crippen LogP contribution in [0.25, 0.3) is 0 Å². The van der Waals surface area contributed by atoms with Crippen LogP contribution in [0.5, 0.6) is 0 Å². The summed E-state index contributed by atoms with van der Waals surface area (Å²) < 4.78 is 0.688. The van der Waals surface area contributed by atoms with Crippen molar-refractivity contribution in [1.29, 1.82) is 0 Å². The minimum absolute atomic E-state index is 0.0178. The minimum atomic E-state index is 0.0178. The largest absolute Gasteiger partial charge is 0.398 e. The zero-order chi connectivity index (χ0) is 8.43. The van der Waals surface area contributed by atoms with Crippen LogP contribution >= 0.6 is 15.9 Å². The minimum Gasteiger partial charge on any atom is -0.398 e. The highest BCUT2D eigenvalue weighted by Gasteiger charge is 2.05. The maximum Gasteiger partial charge on any atom is 0.161 e. The lowest BCUT2D eigenvalue weighted by molar-refractivity contribution is 0.101. The standard InChI is InChI=1S/C8H8BrNO/c1-5(11)6-3-2-4-7(10)8(6)9/h2-4H,10H2,1H3. The normalized spacial score (nSPS) is 9.64. The monoisotopic (exact) mass is 213 g/mol. The molecule has 0 unspecified atom stereocenters. The molecule has 2 nitrogen and oxygen atoms in total. The Morgan fingerprint density at radius 3 is 2.64 bits per heavy atom. The van der Waals surface area contributed by atoms with E-state index in [1.807, 2.05) is 0 Å². The fraction of sp³-hybridized carbons (Fsp3) is 0.125. The van der Waals surface area contributed by atoms with E-state index in [-0.39, 0.29) is 5.78 Å². The molecule has 3 heteroatoms. The summed E-state index contributed by atoms with van der Waals surface area (Å²) >= 11 is 3.23. The molecule has 0 saturated heterocycles. The highest BCUT2D eigenvalue weighted by atomic mass is 79.9. The molecule has 0 heterocycles. The Balaban J connectivity index is 3.27. The third-order valence-corrected chi connectivity index (χ3v) is 2.29. The molecular formula is C8H8BrNO. The first-order valence-corrected chi connectivity index (χ1v) is 3.97. The van der Waals surface area contributed by atoms with Crippen molar-refractivity contribution in [3.63, 3.8) is 0 Å². The lowest BCUT2D eigenvalue weighted by atomic mass is 10.1. The number of Topliss-reactive ketones (excluding diaryl/α,β-unsaturated/α-hetero) is 1. The van der Waals surface area contributed by atoms with Crippen LogP contribution in [-0.2, 0) is 0 Å². The van der Waals surface area contributed by atoms with Gasteiger partial charge in [0.1, 0.15) is 0 Å². The number of carbonyl (C=O) groups is 1. The summed E-state index contributed by atoms with van der Waals surface area (Å²) in [5, 5.41) is 0. The Kier molecular flexibility index (Phi) is 2.29. The third-order valence-electron chi connectivity index (χ3n) is 1.41. The van der Waals surface area contributed by atoms with Gasteiger partial charge in [-0.3, -0.25) is 4.79 Å². The van der Waals surface area contributed by atoms with Gasteiger partial charge in [-0.1, -0.05) is 12.1 Å². The van der Waals surface area contributed by atoms with E-state index in [1.54, 1.807) is 18.2 Å². The van der Waals surface area contributed by atoms with Gasteiger partial charge in [0.05, 0.1) is 4.47 Å². The van der Waals surface area contributed by atoms with Crippen molar-refractivity contribution in [1.82, 2.24) is 0 Å². The molecule has 0 aliphatic carbocycles. The molecule has 1 aromatic rings. The number of anilines is 1. The second-order valence-electron chi connectivity index (χ2n) is 2.26. The molecule has 0 aliphatic heterocycles. The van der Waals surface area contributed by atoms with Gasteiger partial charge < -0.3 is 5.73 Å². The second kappa shape index (κ2) is 3.05. The van der Waals surface area contributed by atoms with Crippen molar-refractivity contribution in [3.8, 4) is 0 Å². The average Bonchev–Trinajstić information content (AvgIpc) is 1.94. The van der Waals surface area contributed by atoms with Gasteiger partial charge in [0.15, 0.2) is 5.78 Å². The van der Waals surface area contributed by atoms with E-state index in [1.165, 1.54) is 6.92 Å². The molecule has 2 N–H and O–H groups in total. The van der Waals surface area contributed by atoms with Gasteiger partial charge in [-0.15, -0.1) is 0 Å². The van der Waals surface area contributed by atoms with E-state index in [4.69, 9.17) is 5.73 Å². The summed E-state index contributed by atoms with van der Waals surface area (Å²) in [7, 11) is 0. The number of nitrogens with two attached hydrogens (primary N) is 1. The van der Waals surface area contributed by atoms with Crippen LogP contribution in [0.3, 0.4) is 0 Å². The zero-order valence-electron chi connectivity index (χ0n) is 6.10. The number of ketones is 1. The number of carbonyl (C=O) groups excluding carboxylic acids is 1. The lowest BCUT2D eigenvalue weighted by Crippen LogP contribution is -1.96. The van der Waals surface area contributed by atoms with Crippen molar-refractivity contribution in [2.75, 3.05) is 5.73 Å². The zero-order valence-corrected chi connectivity index (χ0v) is 7.68. The smallest absolute Gasteiger partial charge is 0.161 e. The van der Waals surface area contributed by atoms with Gasteiger partial charge in [0, 0.05) is 11.3 Å². The average molecular weight is 214 g/mol. The summed E-state index contributed by atoms with van der Waals surface area (Å²) in [5.74, 6) is 0.0178. The number of hydrogen-bond acceptors (Lipinski definition) is 2. The van der Waals surface area contributed by atoms with E-state index in [0.717, 1.165) is 0 Å². The van der Waals surface area contributed by atoms with Crippen molar-refractivity contribution >= 4 is 27.4 Å². The van der Waals surface area contributed by atoms with Crippen molar-refractivity contribution < 1.29 is 4.79 Å². The first-order valence-electron chi connectivity index (χ1n) is 3.18. The first-order chi connectivity index (χ1) is 5.13. The Labute approximate surface area is 73.5 Å². The van der Waals surface area contributed by atoms with Crippen LogP contribution in [0.1, 0.15) is 17.3 Å². The highest BCUT2D eigenvalue weighted by Crippen LogP contribution is 2.23. The molecule has 0 atom stereocenters. The van der Waals surface area contributed by atoms with Gasteiger partial charge in [-0.25, -0.2) is 0 Å². The number of halogens is 1. The van der Waals surface area contributed by atoms with Crippen molar-refractivity contribution in [2.45, 2.75) is 6.92 Å². The fourth-order valence-corrected chi connectivity index (χ4v) is 1.37. The van der Waals surface area contributed by atoms with E-state index in [9.17, 15) is 4.79 Å². The van der Waals surface area contributed by atoms with Crippen LogP contribution < -0.4 is 5.73 Å². The summed E-state index contributed by atoms with van der Waals surface area (Å²) in [6.45, 7) is 1.51. The van der Waals surface area contributed by atoms with Crippen LogP contribution in [0.15, 0.2) is 22.7 Å². The Hall–Kier alpha value is -0.830. The predicted molar refractivity (Wildman–Crippen MR) is 48.6 cm³/mol. The van der Waals surface area contributed by atoms with Crippen molar-refractivity contribution in [2.24, 2.45) is 0 Å². The fourth-order valence-electron chi connectivity index (χ4n) is 0.822. The highest BCUT2D eigenvalue weighted by molar-refractivity contribution is 9.10. The molecule has 0 bridgehead atoms. The van der Waals surface area contributed by atoms with Crippen LogP contribution in [0.4, 0.5) is 5.69 Å². The summed E-state index contributed by atoms with van der Waals surface area (Å²) in [6, 6.07) is 5.25. The number of nitrogen functional groups attached to an aromatic ring is 1. The molecule has 0 aliphatic rings. The summed E-state index contributed by atoms with van der Waals surface area (Å²) in [5.41, 5.74) is 6.78. The van der Waals surface area contributed by atoms with Gasteiger partial charge in [0.25, 0.3) is 0 Å². The molecule has 0 radical (unpaired) electrons. The molecule has 1 rings (SSSR count). The van der Waals surface area contributed by atoms with Crippen LogP contribution in [0, 0.1) is 0 Å². The third kappa shape index (κ3) is 1.60. The van der Waals surface area contributed by atoms with Gasteiger partial charge >= 0.3 is 0 Å². The van der Waals surface area contributed by atoms with Crippen LogP contribution in [-0.4, -0.2) is 5.78 Å². The number of benzene rings is 1. The Morgan fingerprint density at radius 2 is 2.18 bits per heavy atom. The van der Waals surface area contributed by atoms with E-state index >= 15 is 0 Å². The molecule has 0 spiro atoms. The maximum absolute atomic E-state index is 10.9. The molecule has 11 heavy (non-hydrogen) atoms. The molecule has 0 aromatic heterocycles. The van der Waals surface area contributed by atoms with Crippen LogP contribution in [0.2, 0.25) is 0 Å². The Bertz CT molecular complexity index is 296. The topological polar surface area (TPSA) is 43.1 Å². The molecule has 0 fully saturated rings. The summed E-state index contributed by atoms with van der Waals surface area (Å²) in [4.78, 5) is 10.9. The van der Waals surface area contributed by atoms with E-state index in [2.05, 4.69) is 15.9 Å². The van der Waals surface area contributed by atoms with Gasteiger partial charge in [0.2, 0.25) is 0 Å². The molecule has 58 valence electrons. The quantitative estimate of drug-likeness (QED) is 0.575. The van der Waals surface area contributed by atoms with Crippen molar-refractivity contribution in [3.05, 3.63) is 28.2 Å². The van der Waals surface area contributed by atoms with Gasteiger partial charge in [-0.2, -0.15) is 0 Å². The molecule has 0 saturated carbocycles.